The van der Waals surface area contributed by atoms with E-state index in [2.05, 4.69) is 20.8 Å². The predicted octanol–water partition coefficient (Wildman–Crippen LogP) is -0.0835. The van der Waals surface area contributed by atoms with Crippen LogP contribution in [0, 0.1) is 0 Å². The van der Waals surface area contributed by atoms with Crippen molar-refractivity contribution in [3.63, 3.8) is 0 Å². The number of thioether (sulfide) groups is 1. The quantitative estimate of drug-likeness (QED) is 0.782. The maximum absolute atomic E-state index is 11.7. The van der Waals surface area contributed by atoms with Crippen molar-refractivity contribution in [2.24, 2.45) is 7.05 Å². The molecule has 2 rings (SSSR count). The van der Waals surface area contributed by atoms with E-state index in [1.54, 1.807) is 22.7 Å². The number of nitrogens with one attached hydrogen (secondary N) is 2. The Morgan fingerprint density at radius 2 is 2.39 bits per heavy atom. The van der Waals surface area contributed by atoms with Crippen molar-refractivity contribution in [1.29, 1.82) is 0 Å². The molecule has 18 heavy (non-hydrogen) atoms. The molecule has 1 saturated heterocycles. The van der Waals surface area contributed by atoms with Crippen molar-refractivity contribution in [1.82, 2.24) is 25.4 Å². The van der Waals surface area contributed by atoms with Crippen molar-refractivity contribution in [3.05, 3.63) is 12.2 Å². The minimum absolute atomic E-state index is 0.0709. The van der Waals surface area contributed by atoms with Crippen LogP contribution in [0.1, 0.15) is 18.7 Å². The zero-order chi connectivity index (χ0) is 12.8. The summed E-state index contributed by atoms with van der Waals surface area (Å²) in [5.74, 6) is 1.37. The topological polar surface area (TPSA) is 71.8 Å². The Bertz CT molecular complexity index is 389. The minimum Gasteiger partial charge on any atom is -0.348 e. The lowest BCUT2D eigenvalue weighted by molar-refractivity contribution is -0.118. The maximum Gasteiger partial charge on any atom is 0.230 e. The van der Waals surface area contributed by atoms with Gasteiger partial charge in [-0.05, 0) is 25.9 Å². The summed E-state index contributed by atoms with van der Waals surface area (Å²) in [6.45, 7) is 2.58. The molecule has 100 valence electrons. The van der Waals surface area contributed by atoms with Crippen LogP contribution in [0.15, 0.2) is 6.33 Å². The molecule has 0 bridgehead atoms. The highest BCUT2D eigenvalue weighted by atomic mass is 32.2. The Morgan fingerprint density at radius 3 is 3.06 bits per heavy atom. The third kappa shape index (κ3) is 3.99. The van der Waals surface area contributed by atoms with E-state index in [0.717, 1.165) is 31.8 Å². The zero-order valence-electron chi connectivity index (χ0n) is 10.6. The molecule has 2 heterocycles. The second kappa shape index (κ2) is 6.75. The summed E-state index contributed by atoms with van der Waals surface area (Å²) in [4.78, 5) is 11.7. The molecule has 0 saturated carbocycles. The van der Waals surface area contributed by atoms with E-state index in [9.17, 15) is 4.79 Å². The van der Waals surface area contributed by atoms with E-state index in [4.69, 9.17) is 0 Å². The average Bonchev–Trinajstić information content (AvgIpc) is 2.81. The number of aryl methyl sites for hydroxylation is 1. The summed E-state index contributed by atoms with van der Waals surface area (Å²) < 4.78 is 1.81. The number of hydrogen-bond acceptors (Lipinski definition) is 5. The molecule has 1 aliphatic heterocycles. The highest BCUT2D eigenvalue weighted by Gasteiger charge is 2.15. The molecule has 0 unspecified atom stereocenters. The van der Waals surface area contributed by atoms with Crippen LogP contribution < -0.4 is 10.6 Å². The van der Waals surface area contributed by atoms with Gasteiger partial charge in [0.15, 0.2) is 5.82 Å². The largest absolute Gasteiger partial charge is 0.348 e. The number of amides is 1. The zero-order valence-corrected chi connectivity index (χ0v) is 11.4. The van der Waals surface area contributed by atoms with E-state index < -0.39 is 0 Å². The predicted molar refractivity (Wildman–Crippen MR) is 71.2 cm³/mol. The normalized spacial score (nSPS) is 16.7. The molecule has 1 aromatic rings. The number of carbonyl (C=O) groups is 1. The summed E-state index contributed by atoms with van der Waals surface area (Å²) in [6, 6.07) is 0. The van der Waals surface area contributed by atoms with Crippen LogP contribution in [0.25, 0.3) is 0 Å². The molecule has 1 amide bonds. The van der Waals surface area contributed by atoms with Crippen molar-refractivity contribution >= 4 is 17.7 Å². The fourth-order valence-corrected chi connectivity index (χ4v) is 2.91. The summed E-state index contributed by atoms with van der Waals surface area (Å²) in [5, 5.41) is 14.5. The molecule has 1 aromatic heterocycles. The highest BCUT2D eigenvalue weighted by molar-refractivity contribution is 8.00. The molecule has 2 N–H and O–H groups in total. The van der Waals surface area contributed by atoms with Gasteiger partial charge in [-0.2, -0.15) is 0 Å². The lowest BCUT2D eigenvalue weighted by atomic mass is 10.2. The molecule has 7 heteroatoms. The van der Waals surface area contributed by atoms with E-state index >= 15 is 0 Å². The van der Waals surface area contributed by atoms with Gasteiger partial charge < -0.3 is 15.2 Å². The number of aromatic nitrogens is 3. The van der Waals surface area contributed by atoms with Crippen LogP contribution in [-0.2, 0) is 18.4 Å². The Balaban J connectivity index is 1.64. The molecule has 6 nitrogen and oxygen atoms in total. The standard InChI is InChI=1S/C11H19N5OS/c1-16-8-14-15-10(16)6-13-11(17)7-18-9-2-4-12-5-3-9/h8-9,12H,2-7H2,1H3,(H,13,17). The third-order valence-electron chi connectivity index (χ3n) is 2.99. The first kappa shape index (κ1) is 13.4. The van der Waals surface area contributed by atoms with E-state index in [1.165, 1.54) is 0 Å². The number of carbonyl (C=O) groups excluding carboxylic acids is 1. The molecule has 1 aliphatic rings. The first-order chi connectivity index (χ1) is 8.75. The van der Waals surface area contributed by atoms with Crippen LogP contribution in [-0.4, -0.2) is 44.8 Å². The molecule has 0 aliphatic carbocycles. The van der Waals surface area contributed by atoms with Crippen LogP contribution in [0.5, 0.6) is 0 Å². The highest BCUT2D eigenvalue weighted by Crippen LogP contribution is 2.19. The minimum atomic E-state index is 0.0709. The summed E-state index contributed by atoms with van der Waals surface area (Å²) in [6.07, 6.45) is 3.94. The van der Waals surface area contributed by atoms with Crippen molar-refractivity contribution in [3.8, 4) is 0 Å². The van der Waals surface area contributed by atoms with Crippen LogP contribution in [0.3, 0.4) is 0 Å². The van der Waals surface area contributed by atoms with E-state index in [0.29, 0.717) is 17.5 Å². The summed E-state index contributed by atoms with van der Waals surface area (Å²) in [5.41, 5.74) is 0. The summed E-state index contributed by atoms with van der Waals surface area (Å²) in [7, 11) is 1.87. The van der Waals surface area contributed by atoms with Gasteiger partial charge in [-0.1, -0.05) is 0 Å². The smallest absolute Gasteiger partial charge is 0.230 e. The molecular weight excluding hydrogens is 250 g/mol. The Hall–Kier alpha value is -1.08. The number of nitrogens with zero attached hydrogens (tertiary/aromatic N) is 3. The van der Waals surface area contributed by atoms with Crippen molar-refractivity contribution < 1.29 is 4.79 Å². The Kier molecular flexibility index (Phi) is 5.00. The Morgan fingerprint density at radius 1 is 1.61 bits per heavy atom. The van der Waals surface area contributed by atoms with Gasteiger partial charge in [0.1, 0.15) is 6.33 Å². The van der Waals surface area contributed by atoms with Gasteiger partial charge in [0.25, 0.3) is 0 Å². The van der Waals surface area contributed by atoms with Crippen molar-refractivity contribution in [2.75, 3.05) is 18.8 Å². The molecule has 1 fully saturated rings. The van der Waals surface area contributed by atoms with Gasteiger partial charge in [0.05, 0.1) is 12.3 Å². The van der Waals surface area contributed by atoms with E-state index in [-0.39, 0.29) is 5.91 Å². The van der Waals surface area contributed by atoms with Gasteiger partial charge in [0.2, 0.25) is 5.91 Å². The summed E-state index contributed by atoms with van der Waals surface area (Å²) >= 11 is 1.75. The number of piperidine rings is 1. The average molecular weight is 269 g/mol. The SMILES string of the molecule is Cn1cnnc1CNC(=O)CSC1CCNCC1. The lowest BCUT2D eigenvalue weighted by Gasteiger charge is -2.21. The molecule has 0 spiro atoms. The fourth-order valence-electron chi connectivity index (χ4n) is 1.85. The first-order valence-corrected chi connectivity index (χ1v) is 7.22. The Labute approximate surface area is 111 Å². The van der Waals surface area contributed by atoms with Gasteiger partial charge in [0, 0.05) is 12.3 Å². The molecular formula is C11H19N5OS. The molecule has 0 radical (unpaired) electrons. The van der Waals surface area contributed by atoms with Crippen LogP contribution in [0.4, 0.5) is 0 Å². The lowest BCUT2D eigenvalue weighted by Crippen LogP contribution is -2.31. The van der Waals surface area contributed by atoms with Gasteiger partial charge in [-0.25, -0.2) is 0 Å². The number of rotatable bonds is 5. The maximum atomic E-state index is 11.7. The molecule has 0 aromatic carbocycles. The number of hydrogen-bond donors (Lipinski definition) is 2. The second-order valence-electron chi connectivity index (χ2n) is 4.40. The van der Waals surface area contributed by atoms with Gasteiger partial charge in [-0.3, -0.25) is 4.79 Å². The van der Waals surface area contributed by atoms with Crippen LogP contribution in [0.2, 0.25) is 0 Å². The van der Waals surface area contributed by atoms with Crippen LogP contribution >= 0.6 is 11.8 Å². The fraction of sp³-hybridized carbons (Fsp3) is 0.727. The van der Waals surface area contributed by atoms with Gasteiger partial charge in [-0.15, -0.1) is 22.0 Å². The van der Waals surface area contributed by atoms with E-state index in [1.807, 2.05) is 7.05 Å². The van der Waals surface area contributed by atoms with Gasteiger partial charge >= 0.3 is 0 Å². The van der Waals surface area contributed by atoms with Crippen molar-refractivity contribution in [2.45, 2.75) is 24.6 Å². The first-order valence-electron chi connectivity index (χ1n) is 6.17. The second-order valence-corrected chi connectivity index (χ2v) is 5.68. The third-order valence-corrected chi connectivity index (χ3v) is 4.36. The monoisotopic (exact) mass is 269 g/mol. The molecule has 0 atom stereocenters.